The number of carbonyl (C=O) groups is 1. The van der Waals surface area contributed by atoms with Crippen molar-refractivity contribution in [2.75, 3.05) is 40.9 Å². The Balaban J connectivity index is 3.96. The molecule has 1 amide bonds. The number of unbranched alkanes of at least 4 members (excludes halogenated alkanes) is 52. The van der Waals surface area contributed by atoms with Crippen LogP contribution in [0.25, 0.3) is 0 Å². The van der Waals surface area contributed by atoms with Crippen LogP contribution < -0.4 is 10.2 Å². The number of carbonyl (C=O) groups excluding carboxylic acids is 1. The van der Waals surface area contributed by atoms with Crippen molar-refractivity contribution in [2.45, 2.75) is 398 Å². The SMILES string of the molecule is CCCCCCC/C=C\C/C=C\CCCCCCCCCCCCCCCCCCCCCCCC(=O)NC(COP(=O)([O-])OCC[N+](C)(C)C)C(O)CCCCCCCCCCCCCCCCCCCCCCCCCCCCC. The number of hydrogen-bond acceptors (Lipinski definition) is 6. The summed E-state index contributed by atoms with van der Waals surface area (Å²) in [4.78, 5) is 25.7. The number of aliphatic hydroxyl groups is 1. The van der Waals surface area contributed by atoms with Crippen molar-refractivity contribution in [1.82, 2.24) is 5.32 Å². The lowest BCUT2D eigenvalue weighted by Crippen LogP contribution is -2.46. The number of quaternary nitrogens is 1. The largest absolute Gasteiger partial charge is 0.756 e. The van der Waals surface area contributed by atoms with Crippen molar-refractivity contribution in [3.8, 4) is 0 Å². The molecule has 0 saturated carbocycles. The zero-order valence-corrected chi connectivity index (χ0v) is 56.9. The molecule has 0 aromatic carbocycles. The van der Waals surface area contributed by atoms with Gasteiger partial charge in [0.05, 0.1) is 39.9 Å². The first-order valence-electron chi connectivity index (χ1n) is 36.7. The fourth-order valence-corrected chi connectivity index (χ4v) is 12.2. The van der Waals surface area contributed by atoms with Gasteiger partial charge in [0, 0.05) is 6.42 Å². The van der Waals surface area contributed by atoms with Crippen molar-refractivity contribution >= 4 is 13.7 Å². The summed E-state index contributed by atoms with van der Waals surface area (Å²) >= 11 is 0. The third kappa shape index (κ3) is 66.5. The van der Waals surface area contributed by atoms with Crippen LogP contribution in [-0.2, 0) is 18.4 Å². The Morgan fingerprint density at radius 2 is 0.707 bits per heavy atom. The second-order valence-corrected chi connectivity index (χ2v) is 28.1. The summed E-state index contributed by atoms with van der Waals surface area (Å²) in [6.07, 6.45) is 84.1. The van der Waals surface area contributed by atoms with E-state index >= 15 is 0 Å². The lowest BCUT2D eigenvalue weighted by atomic mass is 10.0. The average Bonchev–Trinajstić information content (AvgIpc) is 3.47. The average molecular weight is 1180 g/mol. The van der Waals surface area contributed by atoms with Crippen LogP contribution >= 0.6 is 7.82 Å². The Kier molecular flexibility index (Phi) is 63.7. The maximum absolute atomic E-state index is 13.1. The summed E-state index contributed by atoms with van der Waals surface area (Å²) in [5, 5.41) is 14.1. The van der Waals surface area contributed by atoms with E-state index in [1.54, 1.807) is 0 Å². The first-order chi connectivity index (χ1) is 40.0. The Morgan fingerprint density at radius 3 is 1.01 bits per heavy atom. The number of allylic oxidation sites excluding steroid dienone is 4. The molecule has 0 bridgehead atoms. The molecule has 0 spiro atoms. The zero-order chi connectivity index (χ0) is 59.8. The van der Waals surface area contributed by atoms with Crippen molar-refractivity contribution in [1.29, 1.82) is 0 Å². The first kappa shape index (κ1) is 81.0. The molecule has 0 aliphatic rings. The maximum Gasteiger partial charge on any atom is 0.268 e. The van der Waals surface area contributed by atoms with Gasteiger partial charge in [0.1, 0.15) is 13.2 Å². The molecular weight excluding hydrogens is 1030 g/mol. The predicted octanol–water partition coefficient (Wildman–Crippen LogP) is 22.8. The maximum atomic E-state index is 13.1. The quantitative estimate of drug-likeness (QED) is 0.0272. The molecule has 0 aliphatic carbocycles. The molecule has 0 aliphatic heterocycles. The first-order valence-corrected chi connectivity index (χ1v) is 38.1. The van der Waals surface area contributed by atoms with Crippen LogP contribution in [0.2, 0.25) is 0 Å². The highest BCUT2D eigenvalue weighted by atomic mass is 31.2. The van der Waals surface area contributed by atoms with E-state index in [9.17, 15) is 19.4 Å². The molecule has 0 saturated heterocycles. The monoisotopic (exact) mass is 1180 g/mol. The summed E-state index contributed by atoms with van der Waals surface area (Å²) in [5.74, 6) is -0.155. The normalized spacial score (nSPS) is 13.7. The molecule has 9 heteroatoms. The van der Waals surface area contributed by atoms with Crippen LogP contribution in [0.15, 0.2) is 24.3 Å². The minimum absolute atomic E-state index is 0.0153. The van der Waals surface area contributed by atoms with Crippen molar-refractivity contribution in [3.05, 3.63) is 24.3 Å². The fraction of sp³-hybridized carbons (Fsp3) is 0.932. The van der Waals surface area contributed by atoms with E-state index in [0.717, 1.165) is 44.9 Å². The fourth-order valence-electron chi connectivity index (χ4n) is 11.5. The summed E-state index contributed by atoms with van der Waals surface area (Å²) in [6, 6.07) is -0.800. The minimum Gasteiger partial charge on any atom is -0.756 e. The van der Waals surface area contributed by atoms with E-state index in [2.05, 4.69) is 43.5 Å². The Bertz CT molecular complexity index is 1390. The molecular formula is C73H145N2O6P. The number of aliphatic hydroxyl groups excluding tert-OH is 1. The molecule has 3 atom stereocenters. The second-order valence-electron chi connectivity index (χ2n) is 26.7. The number of rotatable bonds is 69. The molecule has 3 unspecified atom stereocenters. The Hall–Kier alpha value is -1.02. The van der Waals surface area contributed by atoms with E-state index in [1.165, 1.54) is 315 Å². The summed E-state index contributed by atoms with van der Waals surface area (Å²) in [5.41, 5.74) is 0. The minimum atomic E-state index is -4.58. The molecule has 0 heterocycles. The van der Waals surface area contributed by atoms with Crippen molar-refractivity contribution in [2.24, 2.45) is 0 Å². The van der Waals surface area contributed by atoms with Gasteiger partial charge in [0.25, 0.3) is 7.82 Å². The molecule has 0 radical (unpaired) electrons. The highest BCUT2D eigenvalue weighted by molar-refractivity contribution is 7.45. The zero-order valence-electron chi connectivity index (χ0n) is 56.0. The van der Waals surface area contributed by atoms with Gasteiger partial charge in [-0.2, -0.15) is 0 Å². The summed E-state index contributed by atoms with van der Waals surface area (Å²) in [6.45, 7) is 4.78. The van der Waals surface area contributed by atoms with Gasteiger partial charge >= 0.3 is 0 Å². The lowest BCUT2D eigenvalue weighted by molar-refractivity contribution is -0.870. The predicted molar refractivity (Wildman–Crippen MR) is 358 cm³/mol. The van der Waals surface area contributed by atoms with Gasteiger partial charge < -0.3 is 28.8 Å². The summed E-state index contributed by atoms with van der Waals surface area (Å²) < 4.78 is 23.6. The van der Waals surface area contributed by atoms with E-state index in [1.807, 2.05) is 21.1 Å². The van der Waals surface area contributed by atoms with Crippen LogP contribution in [-0.4, -0.2) is 68.5 Å². The van der Waals surface area contributed by atoms with E-state index in [-0.39, 0.29) is 19.1 Å². The highest BCUT2D eigenvalue weighted by Gasteiger charge is 2.24. The van der Waals surface area contributed by atoms with Crippen LogP contribution in [0, 0.1) is 0 Å². The highest BCUT2D eigenvalue weighted by Crippen LogP contribution is 2.38. The van der Waals surface area contributed by atoms with Gasteiger partial charge in [-0.15, -0.1) is 0 Å². The van der Waals surface area contributed by atoms with Crippen LogP contribution in [0.3, 0.4) is 0 Å². The third-order valence-electron chi connectivity index (χ3n) is 17.2. The van der Waals surface area contributed by atoms with Gasteiger partial charge in [-0.1, -0.05) is 359 Å². The molecule has 8 nitrogen and oxygen atoms in total. The van der Waals surface area contributed by atoms with Gasteiger partial charge in [0.2, 0.25) is 5.91 Å². The number of amides is 1. The molecule has 0 rings (SSSR count). The number of nitrogens with zero attached hydrogens (tertiary/aromatic N) is 1. The smallest absolute Gasteiger partial charge is 0.268 e. The summed E-state index contributed by atoms with van der Waals surface area (Å²) in [7, 11) is 1.33. The molecule has 0 aromatic rings. The Labute approximate surface area is 513 Å². The number of phosphoric ester groups is 1. The van der Waals surface area contributed by atoms with Gasteiger partial charge in [-0.25, -0.2) is 0 Å². The van der Waals surface area contributed by atoms with Crippen LogP contribution in [0.4, 0.5) is 0 Å². The van der Waals surface area contributed by atoms with Crippen molar-refractivity contribution < 1.29 is 32.9 Å². The lowest BCUT2D eigenvalue weighted by Gasteiger charge is -2.30. The van der Waals surface area contributed by atoms with Crippen molar-refractivity contribution in [3.63, 3.8) is 0 Å². The Morgan fingerprint density at radius 1 is 0.427 bits per heavy atom. The van der Waals surface area contributed by atoms with Gasteiger partial charge in [0.15, 0.2) is 0 Å². The molecule has 2 N–H and O–H groups in total. The second kappa shape index (κ2) is 64.5. The van der Waals surface area contributed by atoms with Crippen LogP contribution in [0.5, 0.6) is 0 Å². The van der Waals surface area contributed by atoms with Gasteiger partial charge in [-0.3, -0.25) is 9.36 Å². The van der Waals surface area contributed by atoms with E-state index in [0.29, 0.717) is 23.9 Å². The number of hydrogen-bond donors (Lipinski definition) is 2. The third-order valence-corrected chi connectivity index (χ3v) is 18.2. The van der Waals surface area contributed by atoms with Gasteiger partial charge in [-0.05, 0) is 44.9 Å². The van der Waals surface area contributed by atoms with Crippen LogP contribution in [0.1, 0.15) is 386 Å². The number of phosphoric acid groups is 1. The topological polar surface area (TPSA) is 108 Å². The molecule has 0 aromatic heterocycles. The van der Waals surface area contributed by atoms with E-state index < -0.39 is 20.0 Å². The standard InChI is InChI=1S/C73H145N2O6P/c1-6-8-10-12-14-16-18-20-22-24-26-28-30-32-34-35-36-37-38-39-41-43-45-47-49-51-53-55-57-59-61-63-65-67-73(77)74-71(70-81-82(78,79)80-69-68-75(3,4)5)72(76)66-64-62-60-58-56-54-52-50-48-46-44-42-40-33-31-29-27-25-23-21-19-17-15-13-11-9-7-2/h18,20,24,26,71-72,76H,6-17,19,21-23,25,27-70H2,1-5H3,(H-,74,77,78,79)/b20-18-,26-24-. The molecule has 0 fully saturated rings. The van der Waals surface area contributed by atoms with E-state index in [4.69, 9.17) is 9.05 Å². The molecule has 488 valence electrons. The number of nitrogens with one attached hydrogen (secondary N) is 1. The molecule has 82 heavy (non-hydrogen) atoms. The number of likely N-dealkylation sites (N-methyl/N-ethyl adjacent to an activating group) is 1.